The van der Waals surface area contributed by atoms with E-state index in [2.05, 4.69) is 9.97 Å². The number of halogens is 1. The van der Waals surface area contributed by atoms with Crippen molar-refractivity contribution < 1.29 is 4.79 Å². The predicted molar refractivity (Wildman–Crippen MR) is 59.2 cm³/mol. The zero-order valence-corrected chi connectivity index (χ0v) is 8.65. The molecule has 0 saturated carbocycles. The Morgan fingerprint density at radius 2 is 1.33 bits per heavy atom. The molecule has 0 saturated heterocycles. The van der Waals surface area contributed by atoms with E-state index in [1.165, 1.54) is 0 Å². The number of pyridine rings is 2. The number of aromatic nitrogens is 2. The highest BCUT2D eigenvalue weighted by Crippen LogP contribution is 2.03. The summed E-state index contributed by atoms with van der Waals surface area (Å²) in [7, 11) is 0. The van der Waals surface area contributed by atoms with Crippen molar-refractivity contribution in [1.29, 1.82) is 0 Å². The molecule has 0 bridgehead atoms. The van der Waals surface area contributed by atoms with Crippen LogP contribution in [0.5, 0.6) is 0 Å². The van der Waals surface area contributed by atoms with E-state index < -0.39 is 0 Å². The molecule has 3 nitrogen and oxygen atoms in total. The summed E-state index contributed by atoms with van der Waals surface area (Å²) in [4.78, 5) is 19.7. The predicted octanol–water partition coefficient (Wildman–Crippen LogP) is 2.13. The number of carbonyl (C=O) groups is 1. The molecule has 2 aromatic heterocycles. The molecule has 76 valence electrons. The van der Waals surface area contributed by atoms with E-state index in [0.29, 0.717) is 11.4 Å². The summed E-state index contributed by atoms with van der Waals surface area (Å²) < 4.78 is 0. The molecule has 0 aliphatic carbocycles. The molecule has 0 aromatic carbocycles. The number of nitrogens with zero attached hydrogens (tertiary/aromatic N) is 2. The van der Waals surface area contributed by atoms with Crippen LogP contribution in [0.1, 0.15) is 16.2 Å². The summed E-state index contributed by atoms with van der Waals surface area (Å²) in [6.07, 6.45) is 3.19. The quantitative estimate of drug-likeness (QED) is 0.729. The maximum absolute atomic E-state index is 11.7. The van der Waals surface area contributed by atoms with Gasteiger partial charge in [0.1, 0.15) is 11.4 Å². The minimum atomic E-state index is -0.147. The van der Waals surface area contributed by atoms with Crippen LogP contribution in [-0.2, 0) is 0 Å². The van der Waals surface area contributed by atoms with Gasteiger partial charge in [-0.2, -0.15) is 0 Å². The molecule has 0 aliphatic rings. The lowest BCUT2D eigenvalue weighted by molar-refractivity contribution is 0.103. The van der Waals surface area contributed by atoms with E-state index in [4.69, 9.17) is 0 Å². The van der Waals surface area contributed by atoms with Crippen LogP contribution in [0.15, 0.2) is 48.8 Å². The van der Waals surface area contributed by atoms with Crippen LogP contribution in [0.2, 0.25) is 0 Å². The van der Waals surface area contributed by atoms with E-state index in [1.54, 1.807) is 48.8 Å². The van der Waals surface area contributed by atoms with Crippen molar-refractivity contribution in [2.24, 2.45) is 0 Å². The van der Waals surface area contributed by atoms with Crippen molar-refractivity contribution in [1.82, 2.24) is 9.97 Å². The topological polar surface area (TPSA) is 42.9 Å². The monoisotopic (exact) mass is 220 g/mol. The van der Waals surface area contributed by atoms with E-state index >= 15 is 0 Å². The SMILES string of the molecule is Cl.O=C(c1ccccn1)c1ccccn1. The van der Waals surface area contributed by atoms with E-state index in [1.807, 2.05) is 0 Å². The summed E-state index contributed by atoms with van der Waals surface area (Å²) in [5.41, 5.74) is 0.845. The Morgan fingerprint density at radius 3 is 1.67 bits per heavy atom. The highest BCUT2D eigenvalue weighted by molar-refractivity contribution is 6.06. The van der Waals surface area contributed by atoms with Gasteiger partial charge in [0.25, 0.3) is 0 Å². The Kier molecular flexibility index (Phi) is 3.94. The van der Waals surface area contributed by atoms with Gasteiger partial charge in [-0.15, -0.1) is 12.4 Å². The molecule has 15 heavy (non-hydrogen) atoms. The molecule has 4 heteroatoms. The molecule has 2 heterocycles. The Labute approximate surface area is 93.6 Å². The van der Waals surface area contributed by atoms with E-state index in [-0.39, 0.29) is 18.2 Å². The first-order chi connectivity index (χ1) is 6.88. The summed E-state index contributed by atoms with van der Waals surface area (Å²) in [6.45, 7) is 0. The van der Waals surface area contributed by atoms with Crippen molar-refractivity contribution in [3.05, 3.63) is 60.2 Å². The van der Waals surface area contributed by atoms with Crippen LogP contribution >= 0.6 is 12.4 Å². The molecule has 0 amide bonds. The Morgan fingerprint density at radius 1 is 0.867 bits per heavy atom. The maximum Gasteiger partial charge on any atom is 0.229 e. The van der Waals surface area contributed by atoms with Gasteiger partial charge in [0, 0.05) is 12.4 Å². The molecule has 2 aromatic rings. The van der Waals surface area contributed by atoms with Crippen molar-refractivity contribution in [3.63, 3.8) is 0 Å². The van der Waals surface area contributed by atoms with Crippen LogP contribution in [-0.4, -0.2) is 15.8 Å². The van der Waals surface area contributed by atoms with Gasteiger partial charge in [-0.05, 0) is 24.3 Å². The molecule has 0 N–H and O–H groups in total. The minimum absolute atomic E-state index is 0. The molecule has 0 atom stereocenters. The lowest BCUT2D eigenvalue weighted by Crippen LogP contribution is -2.05. The standard InChI is InChI=1S/C11H8N2O.ClH/c14-11(9-5-1-3-7-12-9)10-6-2-4-8-13-10;/h1-8H;1H. The molecule has 0 radical (unpaired) electrons. The van der Waals surface area contributed by atoms with Crippen LogP contribution in [0, 0.1) is 0 Å². The Hall–Kier alpha value is -1.74. The van der Waals surface area contributed by atoms with Gasteiger partial charge < -0.3 is 0 Å². The fourth-order valence-electron chi connectivity index (χ4n) is 1.13. The van der Waals surface area contributed by atoms with Gasteiger partial charge in [0.05, 0.1) is 0 Å². The summed E-state index contributed by atoms with van der Waals surface area (Å²) in [5, 5.41) is 0. The minimum Gasteiger partial charge on any atom is -0.285 e. The van der Waals surface area contributed by atoms with Gasteiger partial charge in [0.2, 0.25) is 5.78 Å². The largest absolute Gasteiger partial charge is 0.285 e. The third-order valence-electron chi connectivity index (χ3n) is 1.80. The first-order valence-corrected chi connectivity index (χ1v) is 4.25. The fraction of sp³-hybridized carbons (Fsp3) is 0. The van der Waals surface area contributed by atoms with Gasteiger partial charge in [-0.1, -0.05) is 12.1 Å². The van der Waals surface area contributed by atoms with E-state index in [9.17, 15) is 4.79 Å². The summed E-state index contributed by atoms with van der Waals surface area (Å²) in [6, 6.07) is 10.5. The molecule has 0 fully saturated rings. The molecule has 0 spiro atoms. The normalized spacial score (nSPS) is 9.07. The van der Waals surface area contributed by atoms with Gasteiger partial charge in [-0.25, -0.2) is 0 Å². The van der Waals surface area contributed by atoms with Crippen molar-refractivity contribution >= 4 is 18.2 Å². The second kappa shape index (κ2) is 5.22. The first kappa shape index (κ1) is 11.3. The molecular formula is C11H9ClN2O. The average molecular weight is 221 g/mol. The zero-order valence-electron chi connectivity index (χ0n) is 7.83. The van der Waals surface area contributed by atoms with Crippen LogP contribution in [0.25, 0.3) is 0 Å². The van der Waals surface area contributed by atoms with Crippen molar-refractivity contribution in [2.45, 2.75) is 0 Å². The smallest absolute Gasteiger partial charge is 0.229 e. The Bertz CT molecular complexity index is 389. The van der Waals surface area contributed by atoms with Crippen LogP contribution in [0.3, 0.4) is 0 Å². The molecule has 0 aliphatic heterocycles. The third-order valence-corrected chi connectivity index (χ3v) is 1.80. The maximum atomic E-state index is 11.7. The molecule has 2 rings (SSSR count). The number of hydrogen-bond donors (Lipinski definition) is 0. The lowest BCUT2D eigenvalue weighted by atomic mass is 10.2. The van der Waals surface area contributed by atoms with Crippen LogP contribution < -0.4 is 0 Å². The highest BCUT2D eigenvalue weighted by atomic mass is 35.5. The Balaban J connectivity index is 0.00000112. The summed E-state index contributed by atoms with van der Waals surface area (Å²) >= 11 is 0. The third kappa shape index (κ3) is 2.60. The number of carbonyl (C=O) groups excluding carboxylic acids is 1. The van der Waals surface area contributed by atoms with Gasteiger partial charge in [0.15, 0.2) is 0 Å². The molecular weight excluding hydrogens is 212 g/mol. The highest BCUT2D eigenvalue weighted by Gasteiger charge is 2.09. The number of rotatable bonds is 2. The van der Waals surface area contributed by atoms with Crippen LogP contribution in [0.4, 0.5) is 0 Å². The fourth-order valence-corrected chi connectivity index (χ4v) is 1.13. The second-order valence-corrected chi connectivity index (χ2v) is 2.76. The zero-order chi connectivity index (χ0) is 9.80. The first-order valence-electron chi connectivity index (χ1n) is 4.25. The lowest BCUT2D eigenvalue weighted by Gasteiger charge is -1.97. The van der Waals surface area contributed by atoms with E-state index in [0.717, 1.165) is 0 Å². The van der Waals surface area contributed by atoms with Crippen molar-refractivity contribution in [2.75, 3.05) is 0 Å². The van der Waals surface area contributed by atoms with Crippen molar-refractivity contribution in [3.8, 4) is 0 Å². The van der Waals surface area contributed by atoms with Gasteiger partial charge in [-0.3, -0.25) is 14.8 Å². The van der Waals surface area contributed by atoms with Gasteiger partial charge >= 0.3 is 0 Å². The second-order valence-electron chi connectivity index (χ2n) is 2.76. The average Bonchev–Trinajstić information content (AvgIpc) is 2.30. The number of ketones is 1. The number of hydrogen-bond acceptors (Lipinski definition) is 3. The summed E-state index contributed by atoms with van der Waals surface area (Å²) in [5.74, 6) is -0.147. The molecule has 0 unspecified atom stereocenters.